The Bertz CT molecular complexity index is 255. The normalized spacial score (nSPS) is 27.3. The SMILES string of the molecule is C=CCNC1(C(=O)O)CCCN(CC)CC1. The summed E-state index contributed by atoms with van der Waals surface area (Å²) < 4.78 is 0. The fraction of sp³-hybridized carbons (Fsp3) is 0.750. The first-order valence-electron chi connectivity index (χ1n) is 5.96. The molecule has 1 aliphatic rings. The lowest BCUT2D eigenvalue weighted by Gasteiger charge is -2.29. The van der Waals surface area contributed by atoms with Gasteiger partial charge in [-0.15, -0.1) is 6.58 Å². The molecule has 1 heterocycles. The van der Waals surface area contributed by atoms with Crippen molar-refractivity contribution in [3.63, 3.8) is 0 Å². The summed E-state index contributed by atoms with van der Waals surface area (Å²) >= 11 is 0. The first kappa shape index (κ1) is 13.2. The van der Waals surface area contributed by atoms with Crippen molar-refractivity contribution < 1.29 is 9.90 Å². The minimum Gasteiger partial charge on any atom is -0.480 e. The van der Waals surface area contributed by atoms with Gasteiger partial charge in [0.25, 0.3) is 0 Å². The summed E-state index contributed by atoms with van der Waals surface area (Å²) in [4.78, 5) is 13.7. The summed E-state index contributed by atoms with van der Waals surface area (Å²) in [5.74, 6) is -0.729. The number of nitrogens with one attached hydrogen (secondary N) is 1. The number of nitrogens with zero attached hydrogens (tertiary/aromatic N) is 1. The third-order valence-corrected chi connectivity index (χ3v) is 3.37. The van der Waals surface area contributed by atoms with Gasteiger partial charge in [0.1, 0.15) is 5.54 Å². The molecule has 0 amide bonds. The first-order valence-corrected chi connectivity index (χ1v) is 5.96. The highest BCUT2D eigenvalue weighted by Crippen LogP contribution is 2.22. The Kier molecular flexibility index (Phi) is 4.96. The average Bonchev–Trinajstić information content (AvgIpc) is 2.49. The van der Waals surface area contributed by atoms with Gasteiger partial charge < -0.3 is 10.0 Å². The van der Waals surface area contributed by atoms with E-state index in [9.17, 15) is 9.90 Å². The standard InChI is InChI=1S/C12H22N2O2/c1-3-8-13-12(11(15)16)6-5-9-14(4-2)10-7-12/h3,13H,1,4-10H2,2H3,(H,15,16). The van der Waals surface area contributed by atoms with Crippen molar-refractivity contribution in [2.75, 3.05) is 26.2 Å². The predicted molar refractivity (Wildman–Crippen MR) is 64.5 cm³/mol. The Labute approximate surface area is 97.3 Å². The number of hydrogen-bond acceptors (Lipinski definition) is 3. The Morgan fingerprint density at radius 3 is 2.88 bits per heavy atom. The fourth-order valence-electron chi connectivity index (χ4n) is 2.24. The van der Waals surface area contributed by atoms with Crippen LogP contribution in [0.4, 0.5) is 0 Å². The monoisotopic (exact) mass is 226 g/mol. The summed E-state index contributed by atoms with van der Waals surface area (Å²) in [7, 11) is 0. The number of carbonyl (C=O) groups is 1. The summed E-state index contributed by atoms with van der Waals surface area (Å²) in [5, 5.41) is 12.5. The third kappa shape index (κ3) is 3.06. The van der Waals surface area contributed by atoms with E-state index in [1.807, 2.05) is 0 Å². The molecular formula is C12H22N2O2. The van der Waals surface area contributed by atoms with Crippen molar-refractivity contribution >= 4 is 5.97 Å². The Morgan fingerprint density at radius 2 is 2.31 bits per heavy atom. The molecule has 0 aromatic heterocycles. The molecule has 1 atom stereocenters. The van der Waals surface area contributed by atoms with Crippen molar-refractivity contribution in [1.82, 2.24) is 10.2 Å². The fourth-order valence-corrected chi connectivity index (χ4v) is 2.24. The first-order chi connectivity index (χ1) is 7.64. The molecule has 4 heteroatoms. The van der Waals surface area contributed by atoms with Gasteiger partial charge >= 0.3 is 5.97 Å². The molecule has 92 valence electrons. The van der Waals surface area contributed by atoms with Gasteiger partial charge in [-0.2, -0.15) is 0 Å². The number of carboxylic acids is 1. The Morgan fingerprint density at radius 1 is 1.56 bits per heavy atom. The Hall–Kier alpha value is -0.870. The van der Waals surface area contributed by atoms with Crippen LogP contribution in [0.25, 0.3) is 0 Å². The molecule has 1 fully saturated rings. The topological polar surface area (TPSA) is 52.6 Å². The van der Waals surface area contributed by atoms with Crippen molar-refractivity contribution in [3.8, 4) is 0 Å². The molecule has 0 aromatic carbocycles. The van der Waals surface area contributed by atoms with Gasteiger partial charge in [0.15, 0.2) is 0 Å². The van der Waals surface area contributed by atoms with E-state index >= 15 is 0 Å². The second-order valence-corrected chi connectivity index (χ2v) is 4.34. The smallest absolute Gasteiger partial charge is 0.323 e. The van der Waals surface area contributed by atoms with Gasteiger partial charge in [0, 0.05) is 13.1 Å². The number of carboxylic acid groups (broad SMARTS) is 1. The van der Waals surface area contributed by atoms with Crippen LogP contribution in [0.2, 0.25) is 0 Å². The van der Waals surface area contributed by atoms with Crippen molar-refractivity contribution in [2.45, 2.75) is 31.7 Å². The maximum Gasteiger partial charge on any atom is 0.323 e. The van der Waals surface area contributed by atoms with Crippen molar-refractivity contribution in [1.29, 1.82) is 0 Å². The molecule has 0 bridgehead atoms. The molecule has 0 saturated carbocycles. The highest BCUT2D eigenvalue weighted by molar-refractivity contribution is 5.78. The highest BCUT2D eigenvalue weighted by atomic mass is 16.4. The van der Waals surface area contributed by atoms with Gasteiger partial charge in [-0.3, -0.25) is 10.1 Å². The number of aliphatic carboxylic acids is 1. The molecular weight excluding hydrogens is 204 g/mol. The largest absolute Gasteiger partial charge is 0.480 e. The van der Waals surface area contributed by atoms with Crippen molar-refractivity contribution in [2.24, 2.45) is 0 Å². The van der Waals surface area contributed by atoms with Crippen LogP contribution in [0.15, 0.2) is 12.7 Å². The van der Waals surface area contributed by atoms with Crippen LogP contribution >= 0.6 is 0 Å². The number of likely N-dealkylation sites (tertiary alicyclic amines) is 1. The minimum absolute atomic E-state index is 0.554. The second kappa shape index (κ2) is 6.01. The molecule has 1 rings (SSSR count). The van der Waals surface area contributed by atoms with Crippen LogP contribution < -0.4 is 5.32 Å². The molecule has 4 nitrogen and oxygen atoms in total. The lowest BCUT2D eigenvalue weighted by atomic mass is 9.90. The highest BCUT2D eigenvalue weighted by Gasteiger charge is 2.38. The summed E-state index contributed by atoms with van der Waals surface area (Å²) in [5.41, 5.74) is -0.752. The van der Waals surface area contributed by atoms with E-state index in [2.05, 4.69) is 23.7 Å². The van der Waals surface area contributed by atoms with Gasteiger partial charge in [0.05, 0.1) is 0 Å². The predicted octanol–water partition coefficient (Wildman–Crippen LogP) is 1.09. The molecule has 16 heavy (non-hydrogen) atoms. The molecule has 2 N–H and O–H groups in total. The van der Waals surface area contributed by atoms with Crippen LogP contribution in [-0.4, -0.2) is 47.7 Å². The van der Waals surface area contributed by atoms with Gasteiger partial charge in [-0.25, -0.2) is 0 Å². The van der Waals surface area contributed by atoms with Crippen molar-refractivity contribution in [3.05, 3.63) is 12.7 Å². The van der Waals surface area contributed by atoms with E-state index in [1.165, 1.54) is 0 Å². The van der Waals surface area contributed by atoms with Crippen LogP contribution in [0.3, 0.4) is 0 Å². The van der Waals surface area contributed by atoms with Gasteiger partial charge in [-0.1, -0.05) is 13.0 Å². The van der Waals surface area contributed by atoms with E-state index < -0.39 is 11.5 Å². The van der Waals surface area contributed by atoms with E-state index in [0.29, 0.717) is 19.4 Å². The third-order valence-electron chi connectivity index (χ3n) is 3.37. The number of rotatable bonds is 5. The molecule has 0 radical (unpaired) electrons. The molecule has 0 spiro atoms. The molecule has 1 unspecified atom stereocenters. The second-order valence-electron chi connectivity index (χ2n) is 4.34. The molecule has 1 aliphatic heterocycles. The molecule has 0 aromatic rings. The van der Waals surface area contributed by atoms with E-state index in [0.717, 1.165) is 26.1 Å². The zero-order chi connectivity index (χ0) is 12.0. The van der Waals surface area contributed by atoms with Crippen LogP contribution in [0.1, 0.15) is 26.2 Å². The quantitative estimate of drug-likeness (QED) is 0.689. The lowest BCUT2D eigenvalue weighted by molar-refractivity contribution is -0.145. The van der Waals surface area contributed by atoms with E-state index in [-0.39, 0.29) is 0 Å². The van der Waals surface area contributed by atoms with Gasteiger partial charge in [0.2, 0.25) is 0 Å². The zero-order valence-corrected chi connectivity index (χ0v) is 10.0. The molecule has 1 saturated heterocycles. The van der Waals surface area contributed by atoms with Crippen LogP contribution in [-0.2, 0) is 4.79 Å². The number of hydrogen-bond donors (Lipinski definition) is 2. The summed E-state index contributed by atoms with van der Waals surface area (Å²) in [6.45, 7) is 9.15. The van der Waals surface area contributed by atoms with E-state index in [1.54, 1.807) is 6.08 Å². The van der Waals surface area contributed by atoms with E-state index in [4.69, 9.17) is 0 Å². The molecule has 0 aliphatic carbocycles. The summed E-state index contributed by atoms with van der Waals surface area (Å²) in [6.07, 6.45) is 4.02. The minimum atomic E-state index is -0.752. The maximum atomic E-state index is 11.4. The average molecular weight is 226 g/mol. The van der Waals surface area contributed by atoms with Crippen LogP contribution in [0.5, 0.6) is 0 Å². The van der Waals surface area contributed by atoms with Gasteiger partial charge in [-0.05, 0) is 32.4 Å². The summed E-state index contributed by atoms with van der Waals surface area (Å²) in [6, 6.07) is 0. The lowest BCUT2D eigenvalue weighted by Crippen LogP contribution is -2.52. The maximum absolute atomic E-state index is 11.4. The zero-order valence-electron chi connectivity index (χ0n) is 10.0. The Balaban J connectivity index is 2.69. The van der Waals surface area contributed by atoms with Crippen LogP contribution in [0, 0.1) is 0 Å².